The van der Waals surface area contributed by atoms with Gasteiger partial charge in [0.25, 0.3) is 0 Å². The molecule has 0 saturated heterocycles. The molecule has 15 heavy (non-hydrogen) atoms. The molecule has 3 heteroatoms. The van der Waals surface area contributed by atoms with Gasteiger partial charge >= 0.3 is 102 Å². The number of hydrogen-bond acceptors (Lipinski definition) is 1. The molecule has 1 aliphatic heterocycles. The number of nitrogens with zero attached hydrogens (tertiary/aromatic N) is 1. The van der Waals surface area contributed by atoms with Crippen molar-refractivity contribution in [3.8, 4) is 0 Å². The summed E-state index contributed by atoms with van der Waals surface area (Å²) in [4.78, 5) is 1.44. The number of hydrogen-bond donors (Lipinski definition) is 0. The van der Waals surface area contributed by atoms with E-state index in [0.29, 0.717) is 13.0 Å². The zero-order chi connectivity index (χ0) is 16.2. The Hall–Kier alpha value is -0.631. The maximum absolute atomic E-state index is 13.7. The molecule has 1 aliphatic rings. The summed E-state index contributed by atoms with van der Waals surface area (Å²) in [6.45, 7) is 0.527. The third-order valence-corrected chi connectivity index (χ3v) is 4.07. The molecular weight excluding hydrogens is 256 g/mol. The summed E-state index contributed by atoms with van der Waals surface area (Å²) in [6, 6.07) is -0.180. The Kier molecular flexibility index (Phi) is 1.68. The molecule has 0 bridgehead atoms. The molecule has 0 unspecified atom stereocenters. The summed E-state index contributed by atoms with van der Waals surface area (Å²) in [5.41, 5.74) is 0.366. The van der Waals surface area contributed by atoms with E-state index >= 15 is 0 Å². The molecule has 1 aromatic carbocycles. The molecule has 1 aromatic rings. The van der Waals surface area contributed by atoms with Crippen LogP contribution in [0.4, 0.5) is 4.39 Å². The first kappa shape index (κ1) is 5.62. The van der Waals surface area contributed by atoms with Crippen LogP contribution in [0.2, 0.25) is 0 Å². The minimum atomic E-state index is -5.39. The zero-order valence-corrected chi connectivity index (χ0v) is 10.4. The molecule has 0 fully saturated rings. The van der Waals surface area contributed by atoms with Gasteiger partial charge in [0.15, 0.2) is 0 Å². The van der Waals surface area contributed by atoms with Crippen LogP contribution in [0.3, 0.4) is 0 Å². The average molecular weight is 279 g/mol. The standard InChI is InChI=1S/C12H17FNSe/c1-14(2)6-5-9-8-15-12-7-10(13)3-4-11(9)12/h3-4,7-8H,5-6H2,1-2,15H3/i3D,4D,8D,15D3. The van der Waals surface area contributed by atoms with E-state index in [0.717, 1.165) is 6.07 Å². The molecule has 0 aromatic heterocycles. The monoisotopic (exact) mass is 280 g/mol. The molecule has 2 rings (SSSR count). The van der Waals surface area contributed by atoms with Gasteiger partial charge in [-0.3, -0.25) is 0 Å². The third kappa shape index (κ3) is 2.49. The van der Waals surface area contributed by atoms with E-state index in [-0.39, 0.29) is 15.6 Å². The van der Waals surface area contributed by atoms with Crippen molar-refractivity contribution in [3.63, 3.8) is 0 Å². The molecule has 83 valence electrons. The van der Waals surface area contributed by atoms with Gasteiger partial charge in [0.1, 0.15) is 0 Å². The van der Waals surface area contributed by atoms with Crippen molar-refractivity contribution < 1.29 is 8.50 Å². The van der Waals surface area contributed by atoms with Gasteiger partial charge in [-0.05, 0) is 0 Å². The van der Waals surface area contributed by atoms with E-state index in [1.807, 2.05) is 19.0 Å². The Balaban J connectivity index is 2.72. The first-order chi connectivity index (χ1) is 9.46. The number of rotatable bonds is 3. The van der Waals surface area contributed by atoms with Crippen LogP contribution >= 0.6 is 0 Å². The molecule has 0 N–H and O–H groups in total. The second-order valence-electron chi connectivity index (χ2n) is 3.72. The van der Waals surface area contributed by atoms with Crippen molar-refractivity contribution in [1.29, 1.82) is 2.86 Å². The Morgan fingerprint density at radius 2 is 2.33 bits per heavy atom. The Morgan fingerprint density at radius 3 is 3.07 bits per heavy atom. The van der Waals surface area contributed by atoms with Crippen molar-refractivity contribution in [2.45, 2.75) is 6.42 Å². The van der Waals surface area contributed by atoms with Crippen LogP contribution in [0.1, 0.15) is 16.1 Å². The van der Waals surface area contributed by atoms with E-state index in [2.05, 4.69) is 0 Å². The molecule has 1 nitrogen and oxygen atoms in total. The van der Waals surface area contributed by atoms with Crippen LogP contribution in [0, 0.1) is 5.82 Å². The SMILES string of the molecule is [2H]C1=C(CCN(C)C)c2c(cc(F)c([2H])c2[2H])[Se]1([2H])([2H])[2H]. The maximum atomic E-state index is 13.7. The van der Waals surface area contributed by atoms with Crippen molar-refractivity contribution in [2.24, 2.45) is 0 Å². The summed E-state index contributed by atoms with van der Waals surface area (Å²) in [5.74, 6) is -1.00. The van der Waals surface area contributed by atoms with Gasteiger partial charge < -0.3 is 0 Å². The zero-order valence-electron chi connectivity index (χ0n) is 14.7. The van der Waals surface area contributed by atoms with E-state index in [9.17, 15) is 4.39 Å². The Bertz CT molecular complexity index is 649. The fraction of sp³-hybridized carbons (Fsp3) is 0.333. The van der Waals surface area contributed by atoms with Crippen molar-refractivity contribution in [1.82, 2.24) is 4.90 Å². The Labute approximate surface area is 103 Å². The van der Waals surface area contributed by atoms with Gasteiger partial charge in [0, 0.05) is 0 Å². The van der Waals surface area contributed by atoms with Crippen LogP contribution in [0.15, 0.2) is 23.1 Å². The van der Waals surface area contributed by atoms with Crippen LogP contribution < -0.4 is 4.46 Å². The van der Waals surface area contributed by atoms with Crippen LogP contribution in [-0.4, -0.2) is 43.0 Å². The summed E-state index contributed by atoms with van der Waals surface area (Å²) in [7, 11) is 3.65. The first-order valence-corrected chi connectivity index (χ1v) is 6.45. The third-order valence-electron chi connectivity index (χ3n) is 2.21. The quantitative estimate of drug-likeness (QED) is 0.735. The fourth-order valence-corrected chi connectivity index (χ4v) is 3.23. The summed E-state index contributed by atoms with van der Waals surface area (Å²) >= 11 is -5.39. The second-order valence-corrected chi connectivity index (χ2v) is 5.50. The summed E-state index contributed by atoms with van der Waals surface area (Å²) < 4.78 is 61.4. The van der Waals surface area contributed by atoms with Crippen molar-refractivity contribution in [2.75, 3.05) is 20.6 Å². The minimum absolute atomic E-state index is 0.0910. The van der Waals surface area contributed by atoms with Gasteiger partial charge in [0.05, 0.1) is 0 Å². The van der Waals surface area contributed by atoms with E-state index in [4.69, 9.17) is 6.97 Å². The molecule has 0 atom stereocenters. The fourth-order valence-electron chi connectivity index (χ4n) is 1.39. The topological polar surface area (TPSA) is 3.24 Å². The average Bonchev–Trinajstić information content (AvgIpc) is 2.51. The van der Waals surface area contributed by atoms with Crippen molar-refractivity contribution in [3.05, 3.63) is 34.5 Å². The molecule has 0 saturated carbocycles. The van der Waals surface area contributed by atoms with Crippen LogP contribution in [0.5, 0.6) is 0 Å². The van der Waals surface area contributed by atoms with Crippen LogP contribution in [0.25, 0.3) is 5.57 Å². The van der Waals surface area contributed by atoms with Gasteiger partial charge in [-0.25, -0.2) is 0 Å². The van der Waals surface area contributed by atoms with Gasteiger partial charge in [-0.2, -0.15) is 0 Å². The predicted molar refractivity (Wildman–Crippen MR) is 67.1 cm³/mol. The Morgan fingerprint density at radius 1 is 1.53 bits per heavy atom. The van der Waals surface area contributed by atoms with E-state index in [1.54, 1.807) is 0 Å². The second kappa shape index (κ2) is 4.48. The van der Waals surface area contributed by atoms with Gasteiger partial charge in [-0.1, -0.05) is 0 Å². The summed E-state index contributed by atoms with van der Waals surface area (Å²) in [6.07, 6.45) is 0.305. The predicted octanol–water partition coefficient (Wildman–Crippen LogP) is 0.658. The number of benzene rings is 1. The summed E-state index contributed by atoms with van der Waals surface area (Å²) in [5, 5.41) is 0. The molecule has 0 spiro atoms. The van der Waals surface area contributed by atoms with Crippen LogP contribution in [-0.2, 0) is 0 Å². The molecule has 0 amide bonds. The number of fused-ring (bicyclic) bond motifs is 1. The van der Waals surface area contributed by atoms with E-state index < -0.39 is 37.4 Å². The van der Waals surface area contributed by atoms with Gasteiger partial charge in [-0.15, -0.1) is 0 Å². The molecule has 1 heterocycles. The number of halogens is 1. The molecule has 1 radical (unpaired) electrons. The first-order valence-electron chi connectivity index (χ1n) is 7.46. The normalized spacial score (nSPS) is 30.3. The van der Waals surface area contributed by atoms with E-state index in [1.165, 1.54) is 0 Å². The molecule has 0 aliphatic carbocycles. The van der Waals surface area contributed by atoms with Gasteiger partial charge in [0.2, 0.25) is 0 Å². The molecular formula is C12H17FNSe. The van der Waals surface area contributed by atoms with Crippen molar-refractivity contribution >= 4 is 24.6 Å².